The molecule has 2 heteroatoms. The van der Waals surface area contributed by atoms with Gasteiger partial charge in [0.05, 0.1) is 20.6 Å². The predicted octanol–water partition coefficient (Wildman–Crippen LogP) is 2.70. The normalized spacial score (nSPS) is 12.7. The van der Waals surface area contributed by atoms with E-state index in [9.17, 15) is 5.21 Å². The van der Waals surface area contributed by atoms with Gasteiger partial charge in [-0.25, -0.2) is 0 Å². The minimum absolute atomic E-state index is 0.155. The first-order chi connectivity index (χ1) is 5.56. The van der Waals surface area contributed by atoms with Gasteiger partial charge in [0.15, 0.2) is 0 Å². The SMILES string of the molecule is CC/C=C/CCCC[N+](C)(C)[O-]. The molecule has 0 aromatic carbocycles. The van der Waals surface area contributed by atoms with Gasteiger partial charge < -0.3 is 9.85 Å². The molecule has 0 unspecified atom stereocenters. The number of rotatable bonds is 6. The first-order valence-electron chi connectivity index (χ1n) is 4.75. The van der Waals surface area contributed by atoms with Crippen molar-refractivity contribution in [3.63, 3.8) is 0 Å². The highest BCUT2D eigenvalue weighted by atomic mass is 16.5. The standard InChI is InChI=1S/C10H21NO/c1-4-5-6-7-8-9-10-11(2,3)12/h5-6H,4,7-10H2,1-3H3/b6-5+. The van der Waals surface area contributed by atoms with Crippen LogP contribution < -0.4 is 0 Å². The quantitative estimate of drug-likeness (QED) is 0.261. The van der Waals surface area contributed by atoms with Gasteiger partial charge in [-0.1, -0.05) is 19.1 Å². The van der Waals surface area contributed by atoms with E-state index in [4.69, 9.17) is 0 Å². The van der Waals surface area contributed by atoms with Crippen molar-refractivity contribution < 1.29 is 4.65 Å². The van der Waals surface area contributed by atoms with Crippen LogP contribution in [0.4, 0.5) is 0 Å². The molecular weight excluding hydrogens is 150 g/mol. The molecular formula is C10H21NO. The van der Waals surface area contributed by atoms with Crippen LogP contribution in [-0.2, 0) is 0 Å². The van der Waals surface area contributed by atoms with Crippen LogP contribution in [0.5, 0.6) is 0 Å². The third-order valence-electron chi connectivity index (χ3n) is 1.72. The zero-order valence-electron chi connectivity index (χ0n) is 8.55. The van der Waals surface area contributed by atoms with Crippen molar-refractivity contribution >= 4 is 0 Å². The number of hydrogen-bond donors (Lipinski definition) is 0. The van der Waals surface area contributed by atoms with Gasteiger partial charge in [0.1, 0.15) is 0 Å². The molecule has 0 rings (SSSR count). The Balaban J connectivity index is 3.17. The monoisotopic (exact) mass is 171 g/mol. The average molecular weight is 171 g/mol. The lowest BCUT2D eigenvalue weighted by atomic mass is 10.2. The van der Waals surface area contributed by atoms with Crippen LogP contribution in [0.25, 0.3) is 0 Å². The van der Waals surface area contributed by atoms with Crippen LogP contribution in [0.3, 0.4) is 0 Å². The molecule has 0 fully saturated rings. The Kier molecular flexibility index (Phi) is 6.03. The second-order valence-corrected chi connectivity index (χ2v) is 3.67. The molecule has 72 valence electrons. The molecule has 0 aliphatic rings. The van der Waals surface area contributed by atoms with Gasteiger partial charge in [-0.05, 0) is 25.7 Å². The average Bonchev–Trinajstić information content (AvgIpc) is 1.94. The first kappa shape index (κ1) is 11.7. The third-order valence-corrected chi connectivity index (χ3v) is 1.72. The Morgan fingerprint density at radius 1 is 1.17 bits per heavy atom. The second kappa shape index (κ2) is 6.21. The lowest BCUT2D eigenvalue weighted by molar-refractivity contribution is -0.840. The number of nitrogens with zero attached hydrogens (tertiary/aromatic N) is 1. The summed E-state index contributed by atoms with van der Waals surface area (Å²) in [4.78, 5) is 0. The lowest BCUT2D eigenvalue weighted by Gasteiger charge is -2.33. The second-order valence-electron chi connectivity index (χ2n) is 3.67. The Bertz CT molecular complexity index is 124. The largest absolute Gasteiger partial charge is 0.633 e. The maximum absolute atomic E-state index is 11.1. The summed E-state index contributed by atoms with van der Waals surface area (Å²) in [7, 11) is 3.39. The van der Waals surface area contributed by atoms with E-state index in [2.05, 4.69) is 19.1 Å². The van der Waals surface area contributed by atoms with Crippen molar-refractivity contribution in [3.8, 4) is 0 Å². The molecule has 0 heterocycles. The Labute approximate surface area is 76.1 Å². The molecule has 0 aromatic rings. The molecule has 0 aliphatic carbocycles. The fraction of sp³-hybridized carbons (Fsp3) is 0.800. The van der Waals surface area contributed by atoms with Crippen molar-refractivity contribution in [1.29, 1.82) is 0 Å². The Morgan fingerprint density at radius 2 is 1.83 bits per heavy atom. The van der Waals surface area contributed by atoms with Crippen molar-refractivity contribution in [3.05, 3.63) is 17.4 Å². The zero-order chi connectivity index (χ0) is 9.45. The number of hydroxylamine groups is 3. The van der Waals surface area contributed by atoms with E-state index in [0.717, 1.165) is 32.2 Å². The van der Waals surface area contributed by atoms with E-state index in [1.807, 2.05) is 0 Å². The summed E-state index contributed by atoms with van der Waals surface area (Å²) in [6, 6.07) is 0. The highest BCUT2D eigenvalue weighted by Gasteiger charge is 1.99. The van der Waals surface area contributed by atoms with Gasteiger partial charge in [0.2, 0.25) is 0 Å². The molecule has 0 spiro atoms. The van der Waals surface area contributed by atoms with Crippen molar-refractivity contribution in [2.24, 2.45) is 0 Å². The first-order valence-corrected chi connectivity index (χ1v) is 4.75. The summed E-state index contributed by atoms with van der Waals surface area (Å²) in [5.74, 6) is 0. The molecule has 0 N–H and O–H groups in total. The lowest BCUT2D eigenvalue weighted by Crippen LogP contribution is -2.32. The fourth-order valence-electron chi connectivity index (χ4n) is 1.04. The van der Waals surface area contributed by atoms with Gasteiger partial charge >= 0.3 is 0 Å². The summed E-state index contributed by atoms with van der Waals surface area (Å²) < 4.78 is -0.155. The van der Waals surface area contributed by atoms with Crippen LogP contribution in [0, 0.1) is 5.21 Å². The van der Waals surface area contributed by atoms with E-state index in [1.165, 1.54) is 0 Å². The molecule has 2 nitrogen and oxygen atoms in total. The Morgan fingerprint density at radius 3 is 2.33 bits per heavy atom. The summed E-state index contributed by atoms with van der Waals surface area (Å²) in [5, 5.41) is 11.1. The molecule has 0 radical (unpaired) electrons. The third kappa shape index (κ3) is 9.66. The van der Waals surface area contributed by atoms with Crippen LogP contribution in [-0.4, -0.2) is 25.3 Å². The number of allylic oxidation sites excluding steroid dienone is 2. The zero-order valence-corrected chi connectivity index (χ0v) is 8.55. The van der Waals surface area contributed by atoms with Gasteiger partial charge in [0.25, 0.3) is 0 Å². The van der Waals surface area contributed by atoms with E-state index in [1.54, 1.807) is 14.1 Å². The van der Waals surface area contributed by atoms with Crippen LogP contribution in [0.1, 0.15) is 32.6 Å². The highest BCUT2D eigenvalue weighted by Crippen LogP contribution is 2.02. The Hall–Kier alpha value is -0.340. The van der Waals surface area contributed by atoms with E-state index < -0.39 is 0 Å². The number of hydrogen-bond acceptors (Lipinski definition) is 1. The van der Waals surface area contributed by atoms with Crippen molar-refractivity contribution in [2.75, 3.05) is 20.6 Å². The van der Waals surface area contributed by atoms with Gasteiger partial charge in [-0.15, -0.1) is 0 Å². The minimum Gasteiger partial charge on any atom is -0.633 e. The van der Waals surface area contributed by atoms with E-state index in [0.29, 0.717) is 0 Å². The summed E-state index contributed by atoms with van der Waals surface area (Å²) in [6.07, 6.45) is 8.78. The molecule has 0 atom stereocenters. The summed E-state index contributed by atoms with van der Waals surface area (Å²) in [6.45, 7) is 2.87. The number of quaternary nitrogens is 1. The minimum atomic E-state index is -0.155. The molecule has 0 bridgehead atoms. The molecule has 12 heavy (non-hydrogen) atoms. The van der Waals surface area contributed by atoms with Gasteiger partial charge in [-0.3, -0.25) is 0 Å². The maximum Gasteiger partial charge on any atom is 0.0779 e. The smallest absolute Gasteiger partial charge is 0.0779 e. The molecule has 0 saturated heterocycles. The summed E-state index contributed by atoms with van der Waals surface area (Å²) in [5.41, 5.74) is 0. The van der Waals surface area contributed by atoms with Crippen molar-refractivity contribution in [1.82, 2.24) is 0 Å². The van der Waals surface area contributed by atoms with E-state index >= 15 is 0 Å². The molecule has 0 saturated carbocycles. The highest BCUT2D eigenvalue weighted by molar-refractivity contribution is 4.79. The molecule has 0 aliphatic heterocycles. The van der Waals surface area contributed by atoms with Crippen molar-refractivity contribution in [2.45, 2.75) is 32.6 Å². The topological polar surface area (TPSA) is 23.1 Å². The maximum atomic E-state index is 11.1. The predicted molar refractivity (Wildman–Crippen MR) is 53.6 cm³/mol. The van der Waals surface area contributed by atoms with Gasteiger partial charge in [-0.2, -0.15) is 0 Å². The van der Waals surface area contributed by atoms with Crippen LogP contribution in [0.2, 0.25) is 0 Å². The molecule has 0 aromatic heterocycles. The number of unbranched alkanes of at least 4 members (excludes halogenated alkanes) is 2. The molecule has 0 amide bonds. The van der Waals surface area contributed by atoms with Crippen LogP contribution >= 0.6 is 0 Å². The fourth-order valence-corrected chi connectivity index (χ4v) is 1.04. The van der Waals surface area contributed by atoms with E-state index in [-0.39, 0.29) is 4.65 Å². The van der Waals surface area contributed by atoms with Gasteiger partial charge in [0, 0.05) is 0 Å². The summed E-state index contributed by atoms with van der Waals surface area (Å²) >= 11 is 0. The van der Waals surface area contributed by atoms with Crippen LogP contribution in [0.15, 0.2) is 12.2 Å².